The summed E-state index contributed by atoms with van der Waals surface area (Å²) in [7, 11) is -0.915. The van der Waals surface area contributed by atoms with Gasteiger partial charge in [0.2, 0.25) is 0 Å². The molecule has 102 valence electrons. The normalized spacial score (nSPS) is 24.2. The number of aryl methyl sites for hydroxylation is 1. The predicted octanol–water partition coefficient (Wildman–Crippen LogP) is 0.468. The zero-order valence-electron chi connectivity index (χ0n) is 11.0. The standard InChI is InChI=1S/C12H21N3O2S/c1-3-15-6-5-14-12(15)8-11(13-2)10-4-7-18(16,17)9-10/h5-6,10-11,13H,3-4,7-9H2,1-2H3. The summed E-state index contributed by atoms with van der Waals surface area (Å²) in [5.41, 5.74) is 0. The van der Waals surface area contributed by atoms with Gasteiger partial charge in [0, 0.05) is 31.4 Å². The Morgan fingerprint density at radius 2 is 2.39 bits per heavy atom. The smallest absolute Gasteiger partial charge is 0.150 e. The molecule has 0 radical (unpaired) electrons. The lowest BCUT2D eigenvalue weighted by Crippen LogP contribution is -2.37. The van der Waals surface area contributed by atoms with Crippen LogP contribution in [-0.4, -0.2) is 42.6 Å². The zero-order valence-corrected chi connectivity index (χ0v) is 11.8. The van der Waals surface area contributed by atoms with Crippen LogP contribution in [0.5, 0.6) is 0 Å². The number of nitrogens with zero attached hydrogens (tertiary/aromatic N) is 2. The second kappa shape index (κ2) is 5.40. The fourth-order valence-electron chi connectivity index (χ4n) is 2.66. The number of nitrogens with one attached hydrogen (secondary N) is 1. The minimum Gasteiger partial charge on any atom is -0.335 e. The summed E-state index contributed by atoms with van der Waals surface area (Å²) in [6.45, 7) is 2.98. The number of hydrogen-bond donors (Lipinski definition) is 1. The van der Waals surface area contributed by atoms with Crippen molar-refractivity contribution in [3.8, 4) is 0 Å². The van der Waals surface area contributed by atoms with E-state index in [1.54, 1.807) is 6.20 Å². The second-order valence-corrected chi connectivity index (χ2v) is 7.12. The summed E-state index contributed by atoms with van der Waals surface area (Å²) in [4.78, 5) is 4.36. The lowest BCUT2D eigenvalue weighted by Gasteiger charge is -2.22. The molecule has 0 aromatic carbocycles. The van der Waals surface area contributed by atoms with Crippen molar-refractivity contribution in [2.24, 2.45) is 5.92 Å². The fraction of sp³-hybridized carbons (Fsp3) is 0.750. The van der Waals surface area contributed by atoms with E-state index in [0.717, 1.165) is 25.2 Å². The van der Waals surface area contributed by atoms with E-state index in [-0.39, 0.29) is 12.0 Å². The van der Waals surface area contributed by atoms with Gasteiger partial charge in [-0.2, -0.15) is 0 Å². The molecule has 1 N–H and O–H groups in total. The summed E-state index contributed by atoms with van der Waals surface area (Å²) in [5, 5.41) is 3.25. The molecule has 5 nitrogen and oxygen atoms in total. The Morgan fingerprint density at radius 3 is 2.94 bits per heavy atom. The highest BCUT2D eigenvalue weighted by molar-refractivity contribution is 7.91. The number of rotatable bonds is 5. The van der Waals surface area contributed by atoms with Crippen molar-refractivity contribution in [1.29, 1.82) is 0 Å². The van der Waals surface area contributed by atoms with Crippen LogP contribution in [0.1, 0.15) is 19.2 Å². The van der Waals surface area contributed by atoms with E-state index in [1.807, 2.05) is 13.2 Å². The Hall–Kier alpha value is -0.880. The van der Waals surface area contributed by atoms with Gasteiger partial charge in [-0.05, 0) is 26.3 Å². The van der Waals surface area contributed by atoms with Crippen LogP contribution >= 0.6 is 0 Å². The third-order valence-electron chi connectivity index (χ3n) is 3.75. The topological polar surface area (TPSA) is 64.0 Å². The van der Waals surface area contributed by atoms with Gasteiger partial charge >= 0.3 is 0 Å². The van der Waals surface area contributed by atoms with Gasteiger partial charge in [0.05, 0.1) is 11.5 Å². The molecule has 0 amide bonds. The molecule has 2 unspecified atom stereocenters. The largest absolute Gasteiger partial charge is 0.335 e. The average Bonchev–Trinajstić information content (AvgIpc) is 2.91. The highest BCUT2D eigenvalue weighted by Gasteiger charge is 2.33. The first-order chi connectivity index (χ1) is 8.55. The third-order valence-corrected chi connectivity index (χ3v) is 5.55. The third kappa shape index (κ3) is 2.92. The van der Waals surface area contributed by atoms with Gasteiger partial charge < -0.3 is 9.88 Å². The summed E-state index contributed by atoms with van der Waals surface area (Å²) in [6.07, 6.45) is 5.32. The van der Waals surface area contributed by atoms with Crippen LogP contribution in [0.4, 0.5) is 0 Å². The highest BCUT2D eigenvalue weighted by atomic mass is 32.2. The minimum absolute atomic E-state index is 0.190. The first-order valence-corrected chi connectivity index (χ1v) is 8.25. The molecular weight excluding hydrogens is 250 g/mol. The molecule has 6 heteroatoms. The van der Waals surface area contributed by atoms with Crippen molar-refractivity contribution in [3.05, 3.63) is 18.2 Å². The Bertz CT molecular complexity index is 495. The average molecular weight is 271 g/mol. The van der Waals surface area contributed by atoms with Crippen LogP contribution in [-0.2, 0) is 22.8 Å². The lowest BCUT2D eigenvalue weighted by molar-refractivity contribution is 0.392. The molecule has 0 spiro atoms. The van der Waals surface area contributed by atoms with Gasteiger partial charge in [0.25, 0.3) is 0 Å². The summed E-state index contributed by atoms with van der Waals surface area (Å²) < 4.78 is 25.2. The molecule has 1 aliphatic heterocycles. The molecule has 2 rings (SSSR count). The van der Waals surface area contributed by atoms with Crippen molar-refractivity contribution in [2.75, 3.05) is 18.6 Å². The molecule has 1 saturated heterocycles. The maximum Gasteiger partial charge on any atom is 0.150 e. The summed E-state index contributed by atoms with van der Waals surface area (Å²) in [6, 6.07) is 0.190. The van der Waals surface area contributed by atoms with Crippen molar-refractivity contribution in [3.63, 3.8) is 0 Å². The van der Waals surface area contributed by atoms with E-state index in [4.69, 9.17) is 0 Å². The number of hydrogen-bond acceptors (Lipinski definition) is 4. The van der Waals surface area contributed by atoms with E-state index in [9.17, 15) is 8.42 Å². The summed E-state index contributed by atoms with van der Waals surface area (Å²) in [5.74, 6) is 1.88. The van der Waals surface area contributed by atoms with E-state index in [1.165, 1.54) is 0 Å². The van der Waals surface area contributed by atoms with Gasteiger partial charge in [-0.25, -0.2) is 13.4 Å². The van der Waals surface area contributed by atoms with E-state index >= 15 is 0 Å². The lowest BCUT2D eigenvalue weighted by atomic mass is 9.96. The fourth-order valence-corrected chi connectivity index (χ4v) is 4.54. The molecule has 0 saturated carbocycles. The molecule has 1 aromatic heterocycles. The van der Waals surface area contributed by atoms with Gasteiger partial charge in [0.15, 0.2) is 9.84 Å². The number of likely N-dealkylation sites (N-methyl/N-ethyl adjacent to an activating group) is 1. The van der Waals surface area contributed by atoms with Crippen molar-refractivity contribution >= 4 is 9.84 Å². The van der Waals surface area contributed by atoms with Crippen molar-refractivity contribution in [1.82, 2.24) is 14.9 Å². The Kier molecular flexibility index (Phi) is 4.07. The first-order valence-electron chi connectivity index (χ1n) is 6.43. The minimum atomic E-state index is -2.81. The predicted molar refractivity (Wildman–Crippen MR) is 71.2 cm³/mol. The van der Waals surface area contributed by atoms with E-state index in [0.29, 0.717) is 11.5 Å². The maximum absolute atomic E-state index is 11.5. The van der Waals surface area contributed by atoms with Crippen LogP contribution in [0.25, 0.3) is 0 Å². The van der Waals surface area contributed by atoms with Crippen LogP contribution in [0, 0.1) is 5.92 Å². The Morgan fingerprint density at radius 1 is 1.61 bits per heavy atom. The van der Waals surface area contributed by atoms with Gasteiger partial charge in [-0.15, -0.1) is 0 Å². The molecule has 0 aliphatic carbocycles. The molecule has 1 aromatic rings. The van der Waals surface area contributed by atoms with Crippen molar-refractivity contribution in [2.45, 2.75) is 32.4 Å². The van der Waals surface area contributed by atoms with E-state index < -0.39 is 9.84 Å². The number of aromatic nitrogens is 2. The molecule has 1 fully saturated rings. The molecular formula is C12H21N3O2S. The second-order valence-electron chi connectivity index (χ2n) is 4.89. The Labute approximate surface area is 109 Å². The van der Waals surface area contributed by atoms with Crippen molar-refractivity contribution < 1.29 is 8.42 Å². The van der Waals surface area contributed by atoms with Crippen LogP contribution in [0.15, 0.2) is 12.4 Å². The zero-order chi connectivity index (χ0) is 13.2. The van der Waals surface area contributed by atoms with Crippen LogP contribution in [0.3, 0.4) is 0 Å². The molecule has 1 aliphatic rings. The highest BCUT2D eigenvalue weighted by Crippen LogP contribution is 2.23. The first kappa shape index (κ1) is 13.5. The van der Waals surface area contributed by atoms with E-state index in [2.05, 4.69) is 21.8 Å². The van der Waals surface area contributed by atoms with Crippen LogP contribution < -0.4 is 5.32 Å². The molecule has 0 bridgehead atoms. The number of imidazole rings is 1. The van der Waals surface area contributed by atoms with Gasteiger partial charge in [0.1, 0.15) is 5.82 Å². The monoisotopic (exact) mass is 271 g/mol. The maximum atomic E-state index is 11.5. The molecule has 2 atom stereocenters. The van der Waals surface area contributed by atoms with Gasteiger partial charge in [-0.3, -0.25) is 0 Å². The van der Waals surface area contributed by atoms with Gasteiger partial charge in [-0.1, -0.05) is 0 Å². The molecule has 18 heavy (non-hydrogen) atoms. The Balaban J connectivity index is 2.06. The molecule has 2 heterocycles. The summed E-state index contributed by atoms with van der Waals surface area (Å²) >= 11 is 0. The van der Waals surface area contributed by atoms with Crippen LogP contribution in [0.2, 0.25) is 0 Å². The quantitative estimate of drug-likeness (QED) is 0.845. The SMILES string of the molecule is CCn1ccnc1CC(NC)C1CCS(=O)(=O)C1. The number of sulfone groups is 1.